The molecule has 0 radical (unpaired) electrons. The van der Waals surface area contributed by atoms with Gasteiger partial charge in [0.1, 0.15) is 6.54 Å². The summed E-state index contributed by atoms with van der Waals surface area (Å²) < 4.78 is 65.4. The van der Waals surface area contributed by atoms with Crippen LogP contribution in [0.3, 0.4) is 0 Å². The Morgan fingerprint density at radius 1 is 1.00 bits per heavy atom. The van der Waals surface area contributed by atoms with Gasteiger partial charge >= 0.3 is 6.18 Å². The van der Waals surface area contributed by atoms with Gasteiger partial charge in [0, 0.05) is 0 Å². The number of halogens is 3. The quantitative estimate of drug-likeness (QED) is 0.750. The number of nitrogens with zero attached hydrogens (tertiary/aromatic N) is 1. The second-order valence-electron chi connectivity index (χ2n) is 6.56. The summed E-state index contributed by atoms with van der Waals surface area (Å²) >= 11 is 0. The Labute approximate surface area is 145 Å². The van der Waals surface area contributed by atoms with E-state index >= 15 is 0 Å². The molecule has 2 aromatic carbocycles. The van der Waals surface area contributed by atoms with Crippen LogP contribution in [0.2, 0.25) is 0 Å². The minimum Gasteiger partial charge on any atom is -0.330 e. The molecule has 1 heterocycles. The molecule has 3 nitrogen and oxygen atoms in total. The maximum absolute atomic E-state index is 13.1. The average molecular weight is 369 g/mol. The molecule has 0 fully saturated rings. The van der Waals surface area contributed by atoms with Gasteiger partial charge in [-0.3, -0.25) is 0 Å². The fourth-order valence-corrected chi connectivity index (χ4v) is 4.66. The first-order chi connectivity index (χ1) is 11.5. The van der Waals surface area contributed by atoms with Gasteiger partial charge in [-0.15, -0.1) is 0 Å². The average Bonchev–Trinajstić information content (AvgIpc) is 2.50. The van der Waals surface area contributed by atoms with Gasteiger partial charge in [-0.05, 0) is 48.2 Å². The summed E-state index contributed by atoms with van der Waals surface area (Å²) in [7, 11) is -3.87. The highest BCUT2D eigenvalue weighted by molar-refractivity contribution is 7.92. The van der Waals surface area contributed by atoms with E-state index in [4.69, 9.17) is 0 Å². The van der Waals surface area contributed by atoms with Gasteiger partial charge in [-0.25, -0.2) is 8.42 Å². The van der Waals surface area contributed by atoms with Crippen LogP contribution in [-0.4, -0.2) is 21.1 Å². The molecule has 0 aliphatic carbocycles. The van der Waals surface area contributed by atoms with Crippen molar-refractivity contribution >= 4 is 21.2 Å². The van der Waals surface area contributed by atoms with Crippen molar-refractivity contribution in [2.75, 3.05) is 11.4 Å². The van der Waals surface area contributed by atoms with Crippen molar-refractivity contribution < 1.29 is 21.6 Å². The number of benzene rings is 2. The SMILES string of the molecule is Cc1ccc2c(c1)N(CC(F)(F)F)c1ccc(C(C)C)cc1S2(=O)=O. The highest BCUT2D eigenvalue weighted by atomic mass is 32.2. The zero-order chi connectivity index (χ0) is 18.6. The Balaban J connectivity index is 2.31. The van der Waals surface area contributed by atoms with Crippen molar-refractivity contribution in [3.05, 3.63) is 47.5 Å². The maximum Gasteiger partial charge on any atom is 0.406 e. The minimum absolute atomic E-state index is 0.0657. The van der Waals surface area contributed by atoms with Crippen LogP contribution in [0.1, 0.15) is 30.9 Å². The van der Waals surface area contributed by atoms with Gasteiger partial charge in [0.2, 0.25) is 9.84 Å². The lowest BCUT2D eigenvalue weighted by atomic mass is 10.0. The van der Waals surface area contributed by atoms with Crippen LogP contribution in [0.15, 0.2) is 46.2 Å². The molecule has 0 N–H and O–H groups in total. The lowest BCUT2D eigenvalue weighted by Crippen LogP contribution is -2.34. The maximum atomic E-state index is 13.1. The molecule has 0 saturated carbocycles. The smallest absolute Gasteiger partial charge is 0.330 e. The van der Waals surface area contributed by atoms with Crippen LogP contribution in [0.25, 0.3) is 0 Å². The van der Waals surface area contributed by atoms with Crippen molar-refractivity contribution in [3.8, 4) is 0 Å². The molecule has 0 spiro atoms. The molecule has 7 heteroatoms. The Hall–Kier alpha value is -2.02. The molecule has 0 saturated heterocycles. The van der Waals surface area contributed by atoms with E-state index in [1.54, 1.807) is 19.1 Å². The van der Waals surface area contributed by atoms with Crippen LogP contribution >= 0.6 is 0 Å². The third-order valence-corrected chi connectivity index (χ3v) is 6.09. The molecular weight excluding hydrogens is 351 g/mol. The number of hydrogen-bond donors (Lipinski definition) is 0. The van der Waals surface area contributed by atoms with Gasteiger partial charge in [0.15, 0.2) is 0 Å². The number of fused-ring (bicyclic) bond motifs is 2. The van der Waals surface area contributed by atoms with Gasteiger partial charge in [-0.1, -0.05) is 26.0 Å². The van der Waals surface area contributed by atoms with E-state index in [1.807, 2.05) is 13.8 Å². The van der Waals surface area contributed by atoms with Crippen molar-refractivity contribution in [2.24, 2.45) is 0 Å². The molecule has 0 amide bonds. The monoisotopic (exact) mass is 369 g/mol. The van der Waals surface area contributed by atoms with Crippen LogP contribution in [-0.2, 0) is 9.84 Å². The van der Waals surface area contributed by atoms with E-state index in [0.717, 1.165) is 10.5 Å². The molecule has 1 aliphatic heterocycles. The molecule has 134 valence electrons. The van der Waals surface area contributed by atoms with Crippen LogP contribution < -0.4 is 4.90 Å². The zero-order valence-corrected chi connectivity index (χ0v) is 14.9. The predicted octanol–water partition coefficient (Wildman–Crippen LogP) is 4.97. The molecule has 0 bridgehead atoms. The second-order valence-corrected chi connectivity index (χ2v) is 8.44. The summed E-state index contributed by atoms with van der Waals surface area (Å²) in [6, 6.07) is 9.11. The largest absolute Gasteiger partial charge is 0.406 e. The summed E-state index contributed by atoms with van der Waals surface area (Å²) in [5, 5.41) is 0. The van der Waals surface area contributed by atoms with E-state index in [2.05, 4.69) is 0 Å². The molecule has 0 atom stereocenters. The lowest BCUT2D eigenvalue weighted by Gasteiger charge is -2.34. The van der Waals surface area contributed by atoms with Crippen molar-refractivity contribution in [1.29, 1.82) is 0 Å². The highest BCUT2D eigenvalue weighted by Gasteiger charge is 2.40. The standard InChI is InChI=1S/C18H18F3NO2S/c1-11(2)13-5-6-14-17(9-13)25(23,24)16-7-4-12(3)8-15(16)22(14)10-18(19,20)21/h4-9,11H,10H2,1-3H3. The lowest BCUT2D eigenvalue weighted by molar-refractivity contribution is -0.118. The Morgan fingerprint density at radius 3 is 2.28 bits per heavy atom. The first-order valence-electron chi connectivity index (χ1n) is 7.84. The van der Waals surface area contributed by atoms with Crippen molar-refractivity contribution in [3.63, 3.8) is 0 Å². The van der Waals surface area contributed by atoms with Crippen molar-refractivity contribution in [1.82, 2.24) is 0 Å². The van der Waals surface area contributed by atoms with E-state index in [-0.39, 0.29) is 27.1 Å². The topological polar surface area (TPSA) is 37.4 Å². The van der Waals surface area contributed by atoms with Crippen LogP contribution in [0, 0.1) is 6.92 Å². The second kappa shape index (κ2) is 5.76. The summed E-state index contributed by atoms with van der Waals surface area (Å²) in [5.74, 6) is 0.0657. The number of alkyl halides is 3. The summed E-state index contributed by atoms with van der Waals surface area (Å²) in [4.78, 5) is 0.887. The first-order valence-corrected chi connectivity index (χ1v) is 9.33. The van der Waals surface area contributed by atoms with E-state index in [1.165, 1.54) is 24.3 Å². The molecule has 0 unspecified atom stereocenters. The minimum atomic E-state index is -4.46. The van der Waals surface area contributed by atoms with Gasteiger partial charge in [0.05, 0.1) is 21.2 Å². The molecule has 3 rings (SSSR count). The summed E-state index contributed by atoms with van der Waals surface area (Å²) in [6.07, 6.45) is -4.46. The fraction of sp³-hybridized carbons (Fsp3) is 0.333. The van der Waals surface area contributed by atoms with E-state index in [0.29, 0.717) is 5.56 Å². The van der Waals surface area contributed by atoms with Crippen molar-refractivity contribution in [2.45, 2.75) is 42.7 Å². The first kappa shape index (κ1) is 17.8. The van der Waals surface area contributed by atoms with Crippen LogP contribution in [0.5, 0.6) is 0 Å². The number of aryl methyl sites for hydroxylation is 1. The summed E-state index contributed by atoms with van der Waals surface area (Å²) in [6.45, 7) is 4.28. The highest BCUT2D eigenvalue weighted by Crippen LogP contribution is 2.46. The van der Waals surface area contributed by atoms with Gasteiger partial charge in [-0.2, -0.15) is 13.2 Å². The fourth-order valence-electron chi connectivity index (χ4n) is 2.99. The van der Waals surface area contributed by atoms with Crippen LogP contribution in [0.4, 0.5) is 24.5 Å². The van der Waals surface area contributed by atoms with Gasteiger partial charge in [0.25, 0.3) is 0 Å². The molecular formula is C18H18F3NO2S. The third-order valence-electron chi connectivity index (χ3n) is 4.26. The third kappa shape index (κ3) is 3.13. The molecule has 2 aromatic rings. The zero-order valence-electron chi connectivity index (χ0n) is 14.1. The molecule has 25 heavy (non-hydrogen) atoms. The number of hydrogen-bond acceptors (Lipinski definition) is 3. The number of sulfone groups is 1. The summed E-state index contributed by atoms with van der Waals surface area (Å²) in [5.41, 5.74) is 1.61. The number of anilines is 2. The van der Waals surface area contributed by atoms with Gasteiger partial charge < -0.3 is 4.90 Å². The Kier molecular flexibility index (Phi) is 4.10. The number of rotatable bonds is 2. The molecule has 1 aliphatic rings. The Bertz CT molecular complexity index is 934. The molecule has 0 aromatic heterocycles. The normalized spacial score (nSPS) is 15.9. The Morgan fingerprint density at radius 2 is 1.68 bits per heavy atom. The van der Waals surface area contributed by atoms with E-state index < -0.39 is 22.6 Å². The van der Waals surface area contributed by atoms with E-state index in [9.17, 15) is 21.6 Å². The predicted molar refractivity (Wildman–Crippen MR) is 90.2 cm³/mol.